The minimum atomic E-state index is -0.272. The maximum absolute atomic E-state index is 12.8. The molecule has 0 saturated heterocycles. The highest BCUT2D eigenvalue weighted by Gasteiger charge is 2.14. The van der Waals surface area contributed by atoms with Crippen molar-refractivity contribution in [2.24, 2.45) is 0 Å². The molecule has 4 heteroatoms. The average Bonchev–Trinajstić information content (AvgIpc) is 2.41. The van der Waals surface area contributed by atoms with Gasteiger partial charge in [0, 0.05) is 10.6 Å². The van der Waals surface area contributed by atoms with Crippen molar-refractivity contribution < 1.29 is 9.18 Å². The zero-order chi connectivity index (χ0) is 14.5. The number of thioether (sulfide) groups is 1. The van der Waals surface area contributed by atoms with Crippen molar-refractivity contribution >= 4 is 23.4 Å². The number of carbonyl (C=O) groups excluding carboxylic acids is 1. The van der Waals surface area contributed by atoms with Crippen LogP contribution >= 0.6 is 11.8 Å². The lowest BCUT2D eigenvalue weighted by molar-refractivity contribution is -0.115. The van der Waals surface area contributed by atoms with Crippen molar-refractivity contribution in [2.45, 2.75) is 24.0 Å². The molecule has 0 fully saturated rings. The molecule has 0 bridgehead atoms. The molecule has 0 unspecified atom stereocenters. The zero-order valence-corrected chi connectivity index (χ0v) is 12.2. The molecule has 0 spiro atoms. The first-order valence-corrected chi connectivity index (χ1v) is 7.22. The van der Waals surface area contributed by atoms with Crippen molar-refractivity contribution in [1.29, 1.82) is 0 Å². The second kappa shape index (κ2) is 6.57. The Morgan fingerprint density at radius 2 is 1.90 bits per heavy atom. The van der Waals surface area contributed by atoms with Crippen LogP contribution in [0.25, 0.3) is 0 Å². The predicted octanol–water partition coefficient (Wildman–Crippen LogP) is 4.25. The first kappa shape index (κ1) is 14.6. The monoisotopic (exact) mass is 289 g/mol. The maximum atomic E-state index is 12.8. The quantitative estimate of drug-likeness (QED) is 0.852. The average molecular weight is 289 g/mol. The van der Waals surface area contributed by atoms with Gasteiger partial charge in [-0.2, -0.15) is 0 Å². The summed E-state index contributed by atoms with van der Waals surface area (Å²) in [5, 5.41) is 2.63. The Labute approximate surface area is 122 Å². The lowest BCUT2D eigenvalue weighted by Gasteiger charge is -2.12. The molecule has 2 rings (SSSR count). The summed E-state index contributed by atoms with van der Waals surface area (Å²) in [7, 11) is 0. The van der Waals surface area contributed by atoms with Gasteiger partial charge in [-0.3, -0.25) is 4.79 Å². The topological polar surface area (TPSA) is 29.1 Å². The molecular weight excluding hydrogens is 273 g/mol. The normalized spacial score (nSPS) is 11.9. The van der Waals surface area contributed by atoms with E-state index in [2.05, 4.69) is 5.32 Å². The van der Waals surface area contributed by atoms with Gasteiger partial charge in [0.25, 0.3) is 0 Å². The van der Waals surface area contributed by atoms with Crippen molar-refractivity contribution in [1.82, 2.24) is 0 Å². The Balaban J connectivity index is 1.96. The molecule has 0 aliphatic heterocycles. The summed E-state index contributed by atoms with van der Waals surface area (Å²) >= 11 is 1.41. The van der Waals surface area contributed by atoms with Crippen LogP contribution in [-0.4, -0.2) is 11.2 Å². The number of carbonyl (C=O) groups is 1. The fourth-order valence-electron chi connectivity index (χ4n) is 1.74. The van der Waals surface area contributed by atoms with Gasteiger partial charge in [0.15, 0.2) is 0 Å². The Morgan fingerprint density at radius 3 is 2.55 bits per heavy atom. The molecule has 2 aromatic rings. The molecule has 0 aliphatic rings. The summed E-state index contributed by atoms with van der Waals surface area (Å²) in [6, 6.07) is 13.8. The fourth-order valence-corrected chi connectivity index (χ4v) is 2.60. The molecule has 1 amide bonds. The largest absolute Gasteiger partial charge is 0.325 e. The van der Waals surface area contributed by atoms with E-state index in [-0.39, 0.29) is 17.0 Å². The minimum Gasteiger partial charge on any atom is -0.325 e. The predicted molar refractivity (Wildman–Crippen MR) is 81.5 cm³/mol. The Hall–Kier alpha value is -1.81. The van der Waals surface area contributed by atoms with E-state index < -0.39 is 0 Å². The van der Waals surface area contributed by atoms with E-state index in [1.165, 1.54) is 23.9 Å². The van der Waals surface area contributed by atoms with Crippen LogP contribution in [0.1, 0.15) is 12.5 Å². The molecule has 0 radical (unpaired) electrons. The molecule has 2 nitrogen and oxygen atoms in total. The first-order chi connectivity index (χ1) is 9.54. The van der Waals surface area contributed by atoms with Crippen LogP contribution < -0.4 is 5.32 Å². The van der Waals surface area contributed by atoms with Gasteiger partial charge in [0.2, 0.25) is 5.91 Å². The summed E-state index contributed by atoms with van der Waals surface area (Å²) in [4.78, 5) is 13.0. The highest BCUT2D eigenvalue weighted by molar-refractivity contribution is 8.00. The smallest absolute Gasteiger partial charge is 0.237 e. The molecule has 1 N–H and O–H groups in total. The third kappa shape index (κ3) is 4.10. The molecule has 104 valence electrons. The number of rotatable bonds is 4. The van der Waals surface area contributed by atoms with Gasteiger partial charge in [0.05, 0.1) is 5.25 Å². The lowest BCUT2D eigenvalue weighted by atomic mass is 10.2. The number of benzene rings is 2. The molecule has 2 aromatic carbocycles. The van der Waals surface area contributed by atoms with Crippen molar-refractivity contribution in [3.05, 3.63) is 59.9 Å². The molecule has 20 heavy (non-hydrogen) atoms. The standard InChI is InChI=1S/C16H16FNOS/c1-11-4-3-5-14(10-11)18-16(19)12(2)20-15-8-6-13(17)7-9-15/h3-10,12H,1-2H3,(H,18,19)/t12-/m0/s1. The third-order valence-corrected chi connectivity index (χ3v) is 3.89. The van der Waals surface area contributed by atoms with Crippen LogP contribution in [0.4, 0.5) is 10.1 Å². The molecule has 0 aromatic heterocycles. The van der Waals surface area contributed by atoms with Crippen molar-refractivity contribution in [3.8, 4) is 0 Å². The summed E-state index contributed by atoms with van der Waals surface area (Å²) < 4.78 is 12.8. The second-order valence-electron chi connectivity index (χ2n) is 4.57. The van der Waals surface area contributed by atoms with Crippen LogP contribution in [0.15, 0.2) is 53.4 Å². The Morgan fingerprint density at radius 1 is 1.20 bits per heavy atom. The van der Waals surface area contributed by atoms with Crippen LogP contribution in [0, 0.1) is 12.7 Å². The van der Waals surface area contributed by atoms with Crippen molar-refractivity contribution in [3.63, 3.8) is 0 Å². The van der Waals surface area contributed by atoms with E-state index >= 15 is 0 Å². The van der Waals surface area contributed by atoms with E-state index in [1.54, 1.807) is 12.1 Å². The fraction of sp³-hybridized carbons (Fsp3) is 0.188. The maximum Gasteiger partial charge on any atom is 0.237 e. The van der Waals surface area contributed by atoms with Crippen LogP contribution in [0.5, 0.6) is 0 Å². The molecule has 1 atom stereocenters. The van der Waals surface area contributed by atoms with Gasteiger partial charge in [-0.05, 0) is 55.8 Å². The highest BCUT2D eigenvalue weighted by atomic mass is 32.2. The number of halogens is 1. The summed E-state index contributed by atoms with van der Waals surface area (Å²) in [5.74, 6) is -0.337. The van der Waals surface area contributed by atoms with E-state index in [4.69, 9.17) is 0 Å². The van der Waals surface area contributed by atoms with Gasteiger partial charge in [0.1, 0.15) is 5.82 Å². The van der Waals surface area contributed by atoms with Crippen molar-refractivity contribution in [2.75, 3.05) is 5.32 Å². The van der Waals surface area contributed by atoms with E-state index in [0.29, 0.717) is 0 Å². The summed E-state index contributed by atoms with van der Waals surface area (Å²) in [6.07, 6.45) is 0. The number of amides is 1. The number of nitrogens with one attached hydrogen (secondary N) is 1. The van der Waals surface area contributed by atoms with Crippen LogP contribution in [0.2, 0.25) is 0 Å². The van der Waals surface area contributed by atoms with E-state index in [1.807, 2.05) is 38.1 Å². The van der Waals surface area contributed by atoms with Gasteiger partial charge >= 0.3 is 0 Å². The van der Waals surface area contributed by atoms with E-state index in [9.17, 15) is 9.18 Å². The Bertz CT molecular complexity index is 598. The molecule has 0 saturated carbocycles. The molecule has 0 aliphatic carbocycles. The molecule has 0 heterocycles. The zero-order valence-electron chi connectivity index (χ0n) is 11.4. The van der Waals surface area contributed by atoms with Gasteiger partial charge in [-0.15, -0.1) is 11.8 Å². The van der Waals surface area contributed by atoms with Gasteiger partial charge in [-0.25, -0.2) is 4.39 Å². The van der Waals surface area contributed by atoms with E-state index in [0.717, 1.165) is 16.1 Å². The minimum absolute atomic E-state index is 0.0649. The summed E-state index contributed by atoms with van der Waals surface area (Å²) in [5.41, 5.74) is 1.89. The second-order valence-corrected chi connectivity index (χ2v) is 5.99. The third-order valence-electron chi connectivity index (χ3n) is 2.78. The lowest BCUT2D eigenvalue weighted by Crippen LogP contribution is -2.22. The number of anilines is 1. The number of aryl methyl sites for hydroxylation is 1. The Kier molecular flexibility index (Phi) is 4.79. The first-order valence-electron chi connectivity index (χ1n) is 6.34. The summed E-state index contributed by atoms with van der Waals surface area (Å²) in [6.45, 7) is 3.81. The van der Waals surface area contributed by atoms with Crippen LogP contribution in [-0.2, 0) is 4.79 Å². The van der Waals surface area contributed by atoms with Crippen LogP contribution in [0.3, 0.4) is 0 Å². The highest BCUT2D eigenvalue weighted by Crippen LogP contribution is 2.24. The van der Waals surface area contributed by atoms with Gasteiger partial charge in [-0.1, -0.05) is 12.1 Å². The SMILES string of the molecule is Cc1cccc(NC(=O)[C@H](C)Sc2ccc(F)cc2)c1. The molecular formula is C16H16FNOS. The van der Waals surface area contributed by atoms with Gasteiger partial charge < -0.3 is 5.32 Å². The number of hydrogen-bond donors (Lipinski definition) is 1. The number of hydrogen-bond acceptors (Lipinski definition) is 2.